The normalized spacial score (nSPS) is 17.5. The molecule has 0 unspecified atom stereocenters. The van der Waals surface area contributed by atoms with Gasteiger partial charge in [-0.25, -0.2) is 0 Å². The zero-order chi connectivity index (χ0) is 14.2. The number of benzene rings is 2. The van der Waals surface area contributed by atoms with E-state index in [0.717, 1.165) is 22.5 Å². The van der Waals surface area contributed by atoms with Gasteiger partial charge in [-0.3, -0.25) is 4.79 Å². The third-order valence-corrected chi connectivity index (χ3v) is 4.11. The highest BCUT2D eigenvalue weighted by Gasteiger charge is 2.25. The smallest absolute Gasteiger partial charge is 0.159 e. The lowest BCUT2D eigenvalue weighted by atomic mass is 9.94. The summed E-state index contributed by atoms with van der Waals surface area (Å²) in [6.45, 7) is 0. The Kier molecular flexibility index (Phi) is 2.78. The standard InChI is InChI=1S/C18H16N2O/c21-18-10-13-6-2-4-8-16(13)20-17(18)11-14-9-12-5-1-3-7-15(12)19-14/h1-9,17,19-20H,10-11H2/t17-/m1/s1. The molecular weight excluding hydrogens is 260 g/mol. The molecular formula is C18H16N2O. The van der Waals surface area contributed by atoms with E-state index in [4.69, 9.17) is 0 Å². The Morgan fingerprint density at radius 1 is 1.05 bits per heavy atom. The van der Waals surface area contributed by atoms with Gasteiger partial charge in [0, 0.05) is 29.7 Å². The van der Waals surface area contributed by atoms with E-state index in [1.807, 2.05) is 36.4 Å². The number of fused-ring (bicyclic) bond motifs is 2. The molecule has 104 valence electrons. The zero-order valence-corrected chi connectivity index (χ0v) is 11.6. The first-order valence-corrected chi connectivity index (χ1v) is 7.23. The van der Waals surface area contributed by atoms with E-state index < -0.39 is 0 Å². The summed E-state index contributed by atoms with van der Waals surface area (Å²) in [4.78, 5) is 15.7. The number of hydrogen-bond donors (Lipinski definition) is 2. The third kappa shape index (κ3) is 2.21. The quantitative estimate of drug-likeness (QED) is 0.754. The average Bonchev–Trinajstić information content (AvgIpc) is 2.90. The van der Waals surface area contributed by atoms with Gasteiger partial charge in [-0.1, -0.05) is 36.4 Å². The van der Waals surface area contributed by atoms with Crippen molar-refractivity contribution in [1.29, 1.82) is 0 Å². The van der Waals surface area contributed by atoms with E-state index in [2.05, 4.69) is 28.5 Å². The van der Waals surface area contributed by atoms with Crippen molar-refractivity contribution in [3.05, 3.63) is 65.9 Å². The molecule has 2 aromatic carbocycles. The van der Waals surface area contributed by atoms with Crippen LogP contribution in [0, 0.1) is 0 Å². The molecule has 0 aliphatic carbocycles. The molecule has 1 atom stereocenters. The molecule has 2 N–H and O–H groups in total. The molecule has 0 bridgehead atoms. The molecule has 21 heavy (non-hydrogen) atoms. The highest BCUT2D eigenvalue weighted by Crippen LogP contribution is 2.24. The van der Waals surface area contributed by atoms with Crippen LogP contribution in [0.5, 0.6) is 0 Å². The minimum Gasteiger partial charge on any atom is -0.375 e. The topological polar surface area (TPSA) is 44.9 Å². The maximum absolute atomic E-state index is 12.3. The highest BCUT2D eigenvalue weighted by atomic mass is 16.1. The van der Waals surface area contributed by atoms with Crippen LogP contribution in [0.1, 0.15) is 11.3 Å². The van der Waals surface area contributed by atoms with Gasteiger partial charge < -0.3 is 10.3 Å². The molecule has 2 heterocycles. The van der Waals surface area contributed by atoms with Gasteiger partial charge in [0.05, 0.1) is 6.04 Å². The summed E-state index contributed by atoms with van der Waals surface area (Å²) in [7, 11) is 0. The Morgan fingerprint density at radius 2 is 1.86 bits per heavy atom. The van der Waals surface area contributed by atoms with Crippen molar-refractivity contribution >= 4 is 22.4 Å². The predicted octanol–water partition coefficient (Wildman–Crippen LogP) is 3.32. The van der Waals surface area contributed by atoms with Crippen LogP contribution in [0.3, 0.4) is 0 Å². The van der Waals surface area contributed by atoms with Crippen molar-refractivity contribution in [2.45, 2.75) is 18.9 Å². The molecule has 0 radical (unpaired) electrons. The number of aromatic nitrogens is 1. The number of rotatable bonds is 2. The second-order valence-corrected chi connectivity index (χ2v) is 5.58. The fourth-order valence-corrected chi connectivity index (χ4v) is 3.02. The van der Waals surface area contributed by atoms with E-state index in [0.29, 0.717) is 12.8 Å². The molecule has 0 amide bonds. The van der Waals surface area contributed by atoms with Crippen LogP contribution >= 0.6 is 0 Å². The minimum atomic E-state index is -0.145. The van der Waals surface area contributed by atoms with Gasteiger partial charge in [0.2, 0.25) is 0 Å². The molecule has 0 spiro atoms. The first-order chi connectivity index (χ1) is 10.3. The fraction of sp³-hybridized carbons (Fsp3) is 0.167. The maximum Gasteiger partial charge on any atom is 0.159 e. The van der Waals surface area contributed by atoms with Gasteiger partial charge >= 0.3 is 0 Å². The lowest BCUT2D eigenvalue weighted by Gasteiger charge is -2.25. The number of H-pyrrole nitrogens is 1. The summed E-state index contributed by atoms with van der Waals surface area (Å²) >= 11 is 0. The molecule has 0 saturated carbocycles. The van der Waals surface area contributed by atoms with Crippen LogP contribution in [-0.2, 0) is 17.6 Å². The molecule has 4 rings (SSSR count). The SMILES string of the molecule is O=C1Cc2ccccc2N[C@@H]1Cc1cc2ccccc2[nH]1. The second-order valence-electron chi connectivity index (χ2n) is 5.58. The molecule has 0 fully saturated rings. The van der Waals surface area contributed by atoms with Gasteiger partial charge in [-0.05, 0) is 29.1 Å². The monoisotopic (exact) mass is 276 g/mol. The number of para-hydroxylation sites is 2. The van der Waals surface area contributed by atoms with Crippen molar-refractivity contribution in [1.82, 2.24) is 4.98 Å². The minimum absolute atomic E-state index is 0.145. The maximum atomic E-state index is 12.3. The molecule has 0 saturated heterocycles. The number of anilines is 1. The summed E-state index contributed by atoms with van der Waals surface area (Å²) in [5.74, 6) is 0.257. The van der Waals surface area contributed by atoms with Gasteiger partial charge in [-0.2, -0.15) is 0 Å². The van der Waals surface area contributed by atoms with E-state index in [1.54, 1.807) is 0 Å². The fourth-order valence-electron chi connectivity index (χ4n) is 3.02. The summed E-state index contributed by atoms with van der Waals surface area (Å²) in [6, 6.07) is 18.2. The Labute approximate surface area is 123 Å². The van der Waals surface area contributed by atoms with E-state index >= 15 is 0 Å². The Bertz CT molecular complexity index is 786. The number of ketones is 1. The Morgan fingerprint density at radius 3 is 2.76 bits per heavy atom. The second kappa shape index (κ2) is 4.77. The van der Waals surface area contributed by atoms with Crippen LogP contribution in [0.2, 0.25) is 0 Å². The van der Waals surface area contributed by atoms with E-state index in [1.165, 1.54) is 5.39 Å². The summed E-state index contributed by atoms with van der Waals surface area (Å²) in [5.41, 5.74) is 4.39. The highest BCUT2D eigenvalue weighted by molar-refractivity contribution is 5.93. The van der Waals surface area contributed by atoms with Crippen LogP contribution < -0.4 is 5.32 Å². The van der Waals surface area contributed by atoms with Gasteiger partial charge in [0.25, 0.3) is 0 Å². The van der Waals surface area contributed by atoms with Crippen LogP contribution in [-0.4, -0.2) is 16.8 Å². The van der Waals surface area contributed by atoms with Crippen molar-refractivity contribution < 1.29 is 4.79 Å². The summed E-state index contributed by atoms with van der Waals surface area (Å²) < 4.78 is 0. The molecule has 1 aliphatic heterocycles. The first kappa shape index (κ1) is 12.2. The number of carbonyl (C=O) groups excluding carboxylic acids is 1. The average molecular weight is 276 g/mol. The van der Waals surface area contributed by atoms with Crippen LogP contribution in [0.15, 0.2) is 54.6 Å². The number of aromatic amines is 1. The molecule has 1 aliphatic rings. The lowest BCUT2D eigenvalue weighted by Crippen LogP contribution is -2.37. The molecule has 3 nitrogen and oxygen atoms in total. The van der Waals surface area contributed by atoms with Crippen molar-refractivity contribution in [2.24, 2.45) is 0 Å². The Balaban J connectivity index is 1.61. The predicted molar refractivity (Wildman–Crippen MR) is 84.6 cm³/mol. The third-order valence-electron chi connectivity index (χ3n) is 4.11. The number of nitrogens with one attached hydrogen (secondary N) is 2. The van der Waals surface area contributed by atoms with E-state index in [9.17, 15) is 4.79 Å². The zero-order valence-electron chi connectivity index (χ0n) is 11.6. The Hall–Kier alpha value is -2.55. The first-order valence-electron chi connectivity index (χ1n) is 7.23. The van der Waals surface area contributed by atoms with Gasteiger partial charge in [-0.15, -0.1) is 0 Å². The summed E-state index contributed by atoms with van der Waals surface area (Å²) in [6.07, 6.45) is 1.22. The number of hydrogen-bond acceptors (Lipinski definition) is 2. The lowest BCUT2D eigenvalue weighted by molar-refractivity contribution is -0.119. The molecule has 3 aromatic rings. The number of carbonyl (C=O) groups is 1. The van der Waals surface area contributed by atoms with Crippen molar-refractivity contribution in [3.8, 4) is 0 Å². The van der Waals surface area contributed by atoms with Gasteiger partial charge in [0.1, 0.15) is 0 Å². The van der Waals surface area contributed by atoms with E-state index in [-0.39, 0.29) is 11.8 Å². The largest absolute Gasteiger partial charge is 0.375 e. The molecule has 1 aromatic heterocycles. The van der Waals surface area contributed by atoms with Gasteiger partial charge in [0.15, 0.2) is 5.78 Å². The summed E-state index contributed by atoms with van der Waals surface area (Å²) in [5, 5.41) is 4.56. The van der Waals surface area contributed by atoms with Crippen LogP contribution in [0.4, 0.5) is 5.69 Å². The number of Topliss-reactive ketones (excluding diaryl/α,β-unsaturated/α-hetero) is 1. The molecule has 3 heteroatoms. The van der Waals surface area contributed by atoms with Crippen LogP contribution in [0.25, 0.3) is 10.9 Å². The van der Waals surface area contributed by atoms with Crippen molar-refractivity contribution in [3.63, 3.8) is 0 Å². The van der Waals surface area contributed by atoms with Crippen molar-refractivity contribution in [2.75, 3.05) is 5.32 Å².